The van der Waals surface area contributed by atoms with Crippen molar-refractivity contribution in [1.29, 1.82) is 0 Å². The van der Waals surface area contributed by atoms with Crippen LogP contribution in [0.2, 0.25) is 0 Å². The Hall–Kier alpha value is -4.09. The standard InChI is InChI=1S/C28H21F2N3O4S2/c29-20-15-23(30)26-25(16-20)38-28(31-26)32(17-21-7-4-14-37-21)27(34)19-9-11-22(12-10-19)39(35,36)33-13-3-6-18-5-1-2-8-24(18)33/h1-2,4-5,7-12,14-16H,3,6,13,17H2. The number of sulfonamides is 1. The summed E-state index contributed by atoms with van der Waals surface area (Å²) in [5.74, 6) is -1.62. The van der Waals surface area contributed by atoms with Gasteiger partial charge in [0.1, 0.15) is 17.1 Å². The van der Waals surface area contributed by atoms with E-state index in [1.807, 2.05) is 18.2 Å². The van der Waals surface area contributed by atoms with E-state index in [1.54, 1.807) is 18.2 Å². The van der Waals surface area contributed by atoms with Crippen LogP contribution in [0, 0.1) is 11.6 Å². The molecular formula is C28H21F2N3O4S2. The minimum Gasteiger partial charge on any atom is -0.467 e. The van der Waals surface area contributed by atoms with Gasteiger partial charge < -0.3 is 4.42 Å². The number of hydrogen-bond donors (Lipinski definition) is 0. The van der Waals surface area contributed by atoms with Crippen molar-refractivity contribution in [3.63, 3.8) is 0 Å². The number of hydrogen-bond acceptors (Lipinski definition) is 6. The van der Waals surface area contributed by atoms with Crippen molar-refractivity contribution in [3.05, 3.63) is 108 Å². The van der Waals surface area contributed by atoms with E-state index in [0.29, 0.717) is 24.4 Å². The molecule has 6 rings (SSSR count). The summed E-state index contributed by atoms with van der Waals surface area (Å²) >= 11 is 0.968. The number of nitrogens with zero attached hydrogens (tertiary/aromatic N) is 3. The summed E-state index contributed by atoms with van der Waals surface area (Å²) in [6.45, 7) is 0.353. The lowest BCUT2D eigenvalue weighted by Crippen LogP contribution is -2.35. The molecule has 11 heteroatoms. The second-order valence-corrected chi connectivity index (χ2v) is 11.9. The van der Waals surface area contributed by atoms with Crippen molar-refractivity contribution >= 4 is 48.3 Å². The van der Waals surface area contributed by atoms with Gasteiger partial charge in [0.2, 0.25) is 0 Å². The van der Waals surface area contributed by atoms with Crippen LogP contribution in [0.15, 0.2) is 88.4 Å². The quantitative estimate of drug-likeness (QED) is 0.246. The van der Waals surface area contributed by atoms with Gasteiger partial charge in [0.05, 0.1) is 28.1 Å². The van der Waals surface area contributed by atoms with Crippen LogP contribution in [0.3, 0.4) is 0 Å². The molecule has 3 aromatic carbocycles. The van der Waals surface area contributed by atoms with Gasteiger partial charge >= 0.3 is 0 Å². The lowest BCUT2D eigenvalue weighted by molar-refractivity contribution is 0.0983. The smallest absolute Gasteiger partial charge is 0.264 e. The lowest BCUT2D eigenvalue weighted by Gasteiger charge is -2.30. The number of furan rings is 1. The zero-order chi connectivity index (χ0) is 27.1. The molecule has 0 atom stereocenters. The molecule has 0 N–H and O–H groups in total. The van der Waals surface area contributed by atoms with Gasteiger partial charge in [-0.3, -0.25) is 14.0 Å². The Morgan fingerprint density at radius 3 is 2.62 bits per heavy atom. The second kappa shape index (κ2) is 9.90. The number of aryl methyl sites for hydroxylation is 1. The number of halogens is 2. The topological polar surface area (TPSA) is 83.7 Å². The molecular weight excluding hydrogens is 544 g/mol. The fourth-order valence-electron chi connectivity index (χ4n) is 4.65. The van der Waals surface area contributed by atoms with Crippen LogP contribution < -0.4 is 9.21 Å². The third kappa shape index (κ3) is 4.68. The van der Waals surface area contributed by atoms with E-state index in [2.05, 4.69) is 4.98 Å². The molecule has 0 unspecified atom stereocenters. The van der Waals surface area contributed by atoms with E-state index in [1.165, 1.54) is 39.7 Å². The van der Waals surface area contributed by atoms with Crippen LogP contribution in [0.25, 0.3) is 10.2 Å². The highest BCUT2D eigenvalue weighted by atomic mass is 32.2. The van der Waals surface area contributed by atoms with Crippen LogP contribution in [-0.2, 0) is 23.0 Å². The van der Waals surface area contributed by atoms with Crippen LogP contribution in [-0.4, -0.2) is 25.9 Å². The summed E-state index contributed by atoms with van der Waals surface area (Å²) in [4.78, 5) is 19.3. The molecule has 1 amide bonds. The van der Waals surface area contributed by atoms with Crippen LogP contribution in [0.5, 0.6) is 0 Å². The number of fused-ring (bicyclic) bond motifs is 2. The Morgan fingerprint density at radius 1 is 1.05 bits per heavy atom. The van der Waals surface area contributed by atoms with E-state index in [0.717, 1.165) is 35.5 Å². The molecule has 0 bridgehead atoms. The molecule has 0 aliphatic carbocycles. The van der Waals surface area contributed by atoms with E-state index >= 15 is 0 Å². The monoisotopic (exact) mass is 565 g/mol. The Bertz CT molecular complexity index is 1790. The Morgan fingerprint density at radius 2 is 1.85 bits per heavy atom. The zero-order valence-electron chi connectivity index (χ0n) is 20.4. The molecule has 198 valence electrons. The SMILES string of the molecule is O=C(c1ccc(S(=O)(=O)N2CCCc3ccccc32)cc1)N(Cc1ccco1)c1nc2c(F)cc(F)cc2s1. The highest BCUT2D eigenvalue weighted by Crippen LogP contribution is 2.34. The summed E-state index contributed by atoms with van der Waals surface area (Å²) in [6.07, 6.45) is 2.98. The third-order valence-electron chi connectivity index (χ3n) is 6.53. The van der Waals surface area contributed by atoms with Crippen molar-refractivity contribution < 1.29 is 26.4 Å². The van der Waals surface area contributed by atoms with E-state index in [4.69, 9.17) is 4.42 Å². The fraction of sp³-hybridized carbons (Fsp3) is 0.143. The maximum absolute atomic E-state index is 14.3. The number of rotatable bonds is 6. The number of para-hydroxylation sites is 1. The number of carbonyl (C=O) groups is 1. The van der Waals surface area contributed by atoms with Gasteiger partial charge in [-0.1, -0.05) is 29.5 Å². The Balaban J connectivity index is 1.33. The minimum absolute atomic E-state index is 0.0135. The van der Waals surface area contributed by atoms with Crippen molar-refractivity contribution in [1.82, 2.24) is 4.98 Å². The highest BCUT2D eigenvalue weighted by Gasteiger charge is 2.30. The molecule has 1 aliphatic heterocycles. The van der Waals surface area contributed by atoms with E-state index < -0.39 is 27.6 Å². The number of benzene rings is 3. The summed E-state index contributed by atoms with van der Waals surface area (Å²) in [6, 6.07) is 18.3. The number of aromatic nitrogens is 1. The van der Waals surface area contributed by atoms with Crippen LogP contribution >= 0.6 is 11.3 Å². The number of amides is 1. The van der Waals surface area contributed by atoms with Crippen LogP contribution in [0.4, 0.5) is 19.6 Å². The average molecular weight is 566 g/mol. The first-order valence-electron chi connectivity index (χ1n) is 12.1. The Kier molecular flexibility index (Phi) is 6.40. The van der Waals surface area contributed by atoms with Crippen molar-refractivity contribution in [2.24, 2.45) is 0 Å². The molecule has 0 fully saturated rings. The first kappa shape index (κ1) is 25.2. The first-order chi connectivity index (χ1) is 18.8. The minimum atomic E-state index is -3.85. The summed E-state index contributed by atoms with van der Waals surface area (Å²) < 4.78 is 62.2. The summed E-state index contributed by atoms with van der Waals surface area (Å²) in [5.41, 5.74) is 1.79. The van der Waals surface area contributed by atoms with Gasteiger partial charge in [0, 0.05) is 18.2 Å². The van der Waals surface area contributed by atoms with Gasteiger partial charge in [-0.2, -0.15) is 0 Å². The second-order valence-electron chi connectivity index (χ2n) is 9.04. The molecule has 0 radical (unpaired) electrons. The van der Waals surface area contributed by atoms with Gasteiger partial charge in [-0.15, -0.1) is 0 Å². The highest BCUT2D eigenvalue weighted by molar-refractivity contribution is 7.92. The van der Waals surface area contributed by atoms with Crippen LogP contribution in [0.1, 0.15) is 28.1 Å². The lowest BCUT2D eigenvalue weighted by atomic mass is 10.0. The van der Waals surface area contributed by atoms with E-state index in [9.17, 15) is 22.0 Å². The predicted molar refractivity (Wildman–Crippen MR) is 144 cm³/mol. The molecule has 2 aromatic heterocycles. The molecule has 7 nitrogen and oxygen atoms in total. The zero-order valence-corrected chi connectivity index (χ0v) is 22.0. The molecule has 3 heterocycles. The van der Waals surface area contributed by atoms with Crippen molar-refractivity contribution in [3.8, 4) is 0 Å². The normalized spacial score (nSPS) is 13.4. The summed E-state index contributed by atoms with van der Waals surface area (Å²) in [7, 11) is -3.85. The fourth-order valence-corrected chi connectivity index (χ4v) is 7.19. The van der Waals surface area contributed by atoms with Crippen molar-refractivity contribution in [2.75, 3.05) is 15.7 Å². The van der Waals surface area contributed by atoms with Gasteiger partial charge in [0.15, 0.2) is 10.9 Å². The van der Waals surface area contributed by atoms with Gasteiger partial charge in [-0.25, -0.2) is 22.2 Å². The molecule has 0 saturated carbocycles. The largest absolute Gasteiger partial charge is 0.467 e. The number of carbonyl (C=O) groups excluding carboxylic acids is 1. The third-order valence-corrected chi connectivity index (χ3v) is 9.38. The maximum Gasteiger partial charge on any atom is 0.264 e. The van der Waals surface area contributed by atoms with Crippen molar-refractivity contribution in [2.45, 2.75) is 24.3 Å². The predicted octanol–water partition coefficient (Wildman–Crippen LogP) is 6.16. The summed E-state index contributed by atoms with van der Waals surface area (Å²) in [5, 5.41) is 0.150. The number of thiazole rings is 1. The van der Waals surface area contributed by atoms with E-state index in [-0.39, 0.29) is 32.4 Å². The molecule has 0 spiro atoms. The number of anilines is 2. The molecule has 5 aromatic rings. The molecule has 39 heavy (non-hydrogen) atoms. The molecule has 0 saturated heterocycles. The first-order valence-corrected chi connectivity index (χ1v) is 14.4. The average Bonchev–Trinajstić information content (AvgIpc) is 3.61. The maximum atomic E-state index is 14.3. The van der Waals surface area contributed by atoms with Gasteiger partial charge in [-0.05, 0) is 66.9 Å². The van der Waals surface area contributed by atoms with Gasteiger partial charge in [0.25, 0.3) is 15.9 Å². The molecule has 1 aliphatic rings. The Labute approximate surface area is 227 Å².